The van der Waals surface area contributed by atoms with Crippen LogP contribution >= 0.6 is 27.3 Å². The lowest BCUT2D eigenvalue weighted by Crippen LogP contribution is -1.87. The molecular weight excluding hydrogens is 286 g/mol. The van der Waals surface area contributed by atoms with Gasteiger partial charge in [-0.3, -0.25) is 0 Å². The highest BCUT2D eigenvalue weighted by molar-refractivity contribution is 9.10. The summed E-state index contributed by atoms with van der Waals surface area (Å²) in [5.41, 5.74) is 2.14. The van der Waals surface area contributed by atoms with Gasteiger partial charge in [-0.25, -0.2) is 4.98 Å². The Bertz CT molecular complexity index is 502. The molecule has 0 spiro atoms. The number of ether oxygens (including phenoxy) is 1. The van der Waals surface area contributed by atoms with E-state index in [9.17, 15) is 0 Å². The molecule has 16 heavy (non-hydrogen) atoms. The zero-order valence-electron chi connectivity index (χ0n) is 9.37. The van der Waals surface area contributed by atoms with E-state index in [1.165, 1.54) is 4.88 Å². The highest BCUT2D eigenvalue weighted by Crippen LogP contribution is 2.31. The fourth-order valence-corrected chi connectivity index (χ4v) is 2.37. The van der Waals surface area contributed by atoms with Crippen LogP contribution in [0.15, 0.2) is 22.7 Å². The molecule has 0 unspecified atom stereocenters. The van der Waals surface area contributed by atoms with Crippen molar-refractivity contribution in [2.45, 2.75) is 20.8 Å². The number of hydrogen-bond donors (Lipinski definition) is 0. The van der Waals surface area contributed by atoms with Crippen molar-refractivity contribution in [3.63, 3.8) is 0 Å². The van der Waals surface area contributed by atoms with Gasteiger partial charge in [-0.15, -0.1) is 0 Å². The second kappa shape index (κ2) is 4.55. The average Bonchev–Trinajstić information content (AvgIpc) is 2.52. The van der Waals surface area contributed by atoms with E-state index in [0.717, 1.165) is 21.5 Å². The molecule has 0 aliphatic heterocycles. The van der Waals surface area contributed by atoms with Crippen molar-refractivity contribution in [3.05, 3.63) is 38.8 Å². The first-order valence-electron chi connectivity index (χ1n) is 4.94. The summed E-state index contributed by atoms with van der Waals surface area (Å²) in [6, 6.07) is 5.98. The van der Waals surface area contributed by atoms with Gasteiger partial charge in [0.1, 0.15) is 5.75 Å². The zero-order valence-corrected chi connectivity index (χ0v) is 11.8. The molecule has 1 heterocycles. The molecule has 84 valence electrons. The lowest BCUT2D eigenvalue weighted by molar-refractivity contribution is 0.474. The van der Waals surface area contributed by atoms with Crippen molar-refractivity contribution in [2.75, 3.05) is 0 Å². The van der Waals surface area contributed by atoms with E-state index < -0.39 is 0 Å². The second-order valence-corrected chi connectivity index (χ2v) is 5.71. The van der Waals surface area contributed by atoms with Crippen LogP contribution in [0, 0.1) is 20.8 Å². The maximum atomic E-state index is 5.77. The highest BCUT2D eigenvalue weighted by atomic mass is 79.9. The van der Waals surface area contributed by atoms with Crippen LogP contribution in [-0.4, -0.2) is 4.98 Å². The minimum Gasteiger partial charge on any atom is -0.431 e. The Morgan fingerprint density at radius 1 is 1.25 bits per heavy atom. The maximum absolute atomic E-state index is 5.77. The molecule has 2 aromatic rings. The number of halogens is 1. The molecule has 0 saturated carbocycles. The van der Waals surface area contributed by atoms with E-state index in [-0.39, 0.29) is 0 Å². The topological polar surface area (TPSA) is 22.1 Å². The Hall–Kier alpha value is -0.870. The van der Waals surface area contributed by atoms with E-state index in [1.807, 2.05) is 39.0 Å². The van der Waals surface area contributed by atoms with E-state index in [4.69, 9.17) is 4.74 Å². The van der Waals surface area contributed by atoms with Crippen molar-refractivity contribution >= 4 is 27.3 Å². The van der Waals surface area contributed by atoms with Gasteiger partial charge in [-0.1, -0.05) is 33.3 Å². The Balaban J connectivity index is 2.29. The minimum absolute atomic E-state index is 0.705. The predicted molar refractivity (Wildman–Crippen MR) is 70.5 cm³/mol. The number of aromatic nitrogens is 1. The van der Waals surface area contributed by atoms with Crippen LogP contribution < -0.4 is 4.74 Å². The average molecular weight is 298 g/mol. The first kappa shape index (κ1) is 11.6. The summed E-state index contributed by atoms with van der Waals surface area (Å²) in [5, 5.41) is 0.705. The van der Waals surface area contributed by atoms with Gasteiger partial charge in [0.05, 0.1) is 5.69 Å². The van der Waals surface area contributed by atoms with E-state index in [2.05, 4.69) is 20.9 Å². The van der Waals surface area contributed by atoms with Crippen molar-refractivity contribution in [1.29, 1.82) is 0 Å². The Kier molecular flexibility index (Phi) is 3.30. The zero-order chi connectivity index (χ0) is 11.7. The highest BCUT2D eigenvalue weighted by Gasteiger charge is 2.07. The van der Waals surface area contributed by atoms with Crippen molar-refractivity contribution < 1.29 is 4.74 Å². The van der Waals surface area contributed by atoms with Gasteiger partial charge in [0.15, 0.2) is 0 Å². The van der Waals surface area contributed by atoms with Crippen LogP contribution in [0.5, 0.6) is 10.9 Å². The van der Waals surface area contributed by atoms with Gasteiger partial charge < -0.3 is 4.74 Å². The third kappa shape index (κ3) is 2.44. The molecule has 0 fully saturated rings. The Labute approximate surface area is 107 Å². The van der Waals surface area contributed by atoms with Gasteiger partial charge in [-0.2, -0.15) is 0 Å². The number of aryl methyl sites for hydroxylation is 3. The smallest absolute Gasteiger partial charge is 0.279 e. The third-order valence-electron chi connectivity index (χ3n) is 2.36. The first-order chi connectivity index (χ1) is 7.56. The van der Waals surface area contributed by atoms with E-state index >= 15 is 0 Å². The Morgan fingerprint density at radius 2 is 2.00 bits per heavy atom. The van der Waals surface area contributed by atoms with Crippen molar-refractivity contribution in [2.24, 2.45) is 0 Å². The van der Waals surface area contributed by atoms with Gasteiger partial charge in [-0.05, 0) is 38.5 Å². The standard InChI is InChI=1S/C12H12BrNOS/c1-7-4-5-10(13)6-11(7)15-12-14-8(2)9(3)16-12/h4-6H,1-3H3. The molecule has 0 radical (unpaired) electrons. The molecule has 1 aromatic carbocycles. The number of thiazole rings is 1. The lowest BCUT2D eigenvalue weighted by atomic mass is 10.2. The summed E-state index contributed by atoms with van der Waals surface area (Å²) < 4.78 is 6.78. The molecule has 0 N–H and O–H groups in total. The summed E-state index contributed by atoms with van der Waals surface area (Å²) >= 11 is 5.01. The van der Waals surface area contributed by atoms with Crippen LogP contribution in [0.4, 0.5) is 0 Å². The molecule has 0 bridgehead atoms. The molecule has 0 aliphatic rings. The molecule has 4 heteroatoms. The van der Waals surface area contributed by atoms with E-state index in [0.29, 0.717) is 5.19 Å². The minimum atomic E-state index is 0.705. The van der Waals surface area contributed by atoms with Gasteiger partial charge >= 0.3 is 0 Å². The van der Waals surface area contributed by atoms with Crippen LogP contribution in [0.2, 0.25) is 0 Å². The molecule has 0 saturated heterocycles. The van der Waals surface area contributed by atoms with Crippen molar-refractivity contribution in [3.8, 4) is 10.9 Å². The summed E-state index contributed by atoms with van der Waals surface area (Å²) in [4.78, 5) is 5.55. The maximum Gasteiger partial charge on any atom is 0.279 e. The summed E-state index contributed by atoms with van der Waals surface area (Å²) in [5.74, 6) is 0.850. The summed E-state index contributed by atoms with van der Waals surface area (Å²) in [7, 11) is 0. The van der Waals surface area contributed by atoms with Gasteiger partial charge in [0.2, 0.25) is 0 Å². The van der Waals surface area contributed by atoms with Crippen LogP contribution in [0.25, 0.3) is 0 Å². The fraction of sp³-hybridized carbons (Fsp3) is 0.250. The molecule has 0 atom stereocenters. The van der Waals surface area contributed by atoms with Crippen LogP contribution in [0.3, 0.4) is 0 Å². The monoisotopic (exact) mass is 297 g/mol. The summed E-state index contributed by atoms with van der Waals surface area (Å²) in [6.07, 6.45) is 0. The quantitative estimate of drug-likeness (QED) is 0.807. The number of benzene rings is 1. The predicted octanol–water partition coefficient (Wildman–Crippen LogP) is 4.62. The molecule has 1 aromatic heterocycles. The number of nitrogens with zero attached hydrogens (tertiary/aromatic N) is 1. The third-order valence-corrected chi connectivity index (χ3v) is 3.80. The van der Waals surface area contributed by atoms with Gasteiger partial charge in [0, 0.05) is 9.35 Å². The van der Waals surface area contributed by atoms with Gasteiger partial charge in [0.25, 0.3) is 5.19 Å². The lowest BCUT2D eigenvalue weighted by Gasteiger charge is -2.05. The first-order valence-corrected chi connectivity index (χ1v) is 6.55. The molecule has 0 amide bonds. The van der Waals surface area contributed by atoms with Crippen molar-refractivity contribution in [1.82, 2.24) is 4.98 Å². The SMILES string of the molecule is Cc1ccc(Br)cc1Oc1nc(C)c(C)s1. The van der Waals surface area contributed by atoms with Crippen LogP contribution in [-0.2, 0) is 0 Å². The second-order valence-electron chi connectivity index (χ2n) is 3.63. The van der Waals surface area contributed by atoms with Crippen LogP contribution in [0.1, 0.15) is 16.1 Å². The largest absolute Gasteiger partial charge is 0.431 e. The number of rotatable bonds is 2. The molecular formula is C12H12BrNOS. The fourth-order valence-electron chi connectivity index (χ4n) is 1.26. The molecule has 2 nitrogen and oxygen atoms in total. The van der Waals surface area contributed by atoms with E-state index in [1.54, 1.807) is 11.3 Å². The molecule has 0 aliphatic carbocycles. The normalized spacial score (nSPS) is 10.5. The molecule has 2 rings (SSSR count). The Morgan fingerprint density at radius 3 is 2.62 bits per heavy atom. The summed E-state index contributed by atoms with van der Waals surface area (Å²) in [6.45, 7) is 6.06. The number of hydrogen-bond acceptors (Lipinski definition) is 3.